The summed E-state index contributed by atoms with van der Waals surface area (Å²) < 4.78 is 0. The molecule has 1 aromatic rings. The number of hydrogen-bond donors (Lipinski definition) is 1. The van der Waals surface area contributed by atoms with Crippen LogP contribution in [-0.2, 0) is 0 Å². The Hall–Kier alpha value is -0.820. The van der Waals surface area contributed by atoms with Gasteiger partial charge in [-0.1, -0.05) is 12.1 Å². The molecule has 0 unspecified atom stereocenters. The molecule has 0 aliphatic carbocycles. The summed E-state index contributed by atoms with van der Waals surface area (Å²) in [6.07, 6.45) is 0. The molecule has 0 bridgehead atoms. The van der Waals surface area contributed by atoms with Crippen LogP contribution in [-0.4, -0.2) is 12.2 Å². The molecule has 0 radical (unpaired) electrons. The molecule has 1 rings (SSSR count). The number of rotatable bonds is 0. The smallest absolute Gasteiger partial charge is 0.0319 e. The van der Waals surface area contributed by atoms with Crippen molar-refractivity contribution in [3.8, 4) is 0 Å². The predicted molar refractivity (Wildman–Crippen MR) is 53.5 cm³/mol. The number of hydrogen-bond acceptors (Lipinski definition) is 1. The summed E-state index contributed by atoms with van der Waals surface area (Å²) in [5, 5.41) is 7.00. The first kappa shape index (κ1) is 11.2. The quantitative estimate of drug-likeness (QED) is 0.628. The summed E-state index contributed by atoms with van der Waals surface area (Å²) in [6.45, 7) is 8.62. The highest BCUT2D eigenvalue weighted by Gasteiger charge is 1.95. The van der Waals surface area contributed by atoms with Crippen molar-refractivity contribution >= 4 is 0 Å². The van der Waals surface area contributed by atoms with E-state index in [0.29, 0.717) is 0 Å². The zero-order valence-corrected chi connectivity index (χ0v) is 8.60. The first-order valence-electron chi connectivity index (χ1n) is 4.10. The lowest BCUT2D eigenvalue weighted by atomic mass is 10.0. The molecule has 0 aliphatic rings. The molecule has 0 amide bonds. The third kappa shape index (κ3) is 2.67. The van der Waals surface area contributed by atoms with E-state index in [9.17, 15) is 0 Å². The van der Waals surface area contributed by atoms with Crippen molar-refractivity contribution in [2.75, 3.05) is 7.11 Å². The van der Waals surface area contributed by atoms with Gasteiger partial charge in [0.05, 0.1) is 0 Å². The number of aliphatic hydroxyl groups is 1. The Labute approximate surface area is 75.1 Å². The normalized spacial score (nSPS) is 8.83. The third-order valence-electron chi connectivity index (χ3n) is 2.11. The standard InChI is InChI=1S/C10H14.CH4O/c1-7-5-9(3)10(4)6-8(7)2;1-2/h5-6H,1-4H3;2H,1H3. The van der Waals surface area contributed by atoms with Crippen LogP contribution in [0, 0.1) is 27.7 Å². The second-order valence-corrected chi connectivity index (χ2v) is 3.02. The lowest BCUT2D eigenvalue weighted by Gasteiger charge is -2.04. The minimum absolute atomic E-state index is 1.00. The average Bonchev–Trinajstić information content (AvgIpc) is 2.05. The second-order valence-electron chi connectivity index (χ2n) is 3.02. The summed E-state index contributed by atoms with van der Waals surface area (Å²) in [5.74, 6) is 0. The van der Waals surface area contributed by atoms with Crippen molar-refractivity contribution in [1.29, 1.82) is 0 Å². The topological polar surface area (TPSA) is 20.2 Å². The van der Waals surface area contributed by atoms with Gasteiger partial charge in [0.2, 0.25) is 0 Å². The van der Waals surface area contributed by atoms with Gasteiger partial charge >= 0.3 is 0 Å². The SMILES string of the molecule is CO.Cc1cc(C)c(C)cc1C. The Bertz CT molecular complexity index is 201. The molecule has 0 saturated heterocycles. The lowest BCUT2D eigenvalue weighted by molar-refractivity contribution is 0.399. The maximum absolute atomic E-state index is 7.00. The maximum Gasteiger partial charge on any atom is 0.0319 e. The Morgan fingerprint density at radius 2 is 0.833 bits per heavy atom. The van der Waals surface area contributed by atoms with Crippen LogP contribution in [0.5, 0.6) is 0 Å². The van der Waals surface area contributed by atoms with E-state index < -0.39 is 0 Å². The van der Waals surface area contributed by atoms with Crippen LogP contribution in [0.25, 0.3) is 0 Å². The minimum Gasteiger partial charge on any atom is -0.400 e. The van der Waals surface area contributed by atoms with E-state index >= 15 is 0 Å². The number of aryl methyl sites for hydroxylation is 4. The van der Waals surface area contributed by atoms with Crippen molar-refractivity contribution < 1.29 is 5.11 Å². The van der Waals surface area contributed by atoms with E-state index in [0.717, 1.165) is 7.11 Å². The van der Waals surface area contributed by atoms with Crippen molar-refractivity contribution in [1.82, 2.24) is 0 Å². The van der Waals surface area contributed by atoms with Crippen LogP contribution >= 0.6 is 0 Å². The molecule has 1 heteroatoms. The fraction of sp³-hybridized carbons (Fsp3) is 0.455. The average molecular weight is 166 g/mol. The molecule has 0 saturated carbocycles. The zero-order valence-electron chi connectivity index (χ0n) is 8.60. The highest BCUT2D eigenvalue weighted by atomic mass is 16.2. The summed E-state index contributed by atoms with van der Waals surface area (Å²) in [7, 11) is 1.00. The van der Waals surface area contributed by atoms with Gasteiger partial charge in [-0.3, -0.25) is 0 Å². The third-order valence-corrected chi connectivity index (χ3v) is 2.11. The predicted octanol–water partition coefficient (Wildman–Crippen LogP) is 2.53. The van der Waals surface area contributed by atoms with Crippen LogP contribution < -0.4 is 0 Å². The lowest BCUT2D eigenvalue weighted by Crippen LogP contribution is -1.86. The van der Waals surface area contributed by atoms with Crippen LogP contribution in [0.2, 0.25) is 0 Å². The van der Waals surface area contributed by atoms with Crippen LogP contribution in [0.15, 0.2) is 12.1 Å². The Kier molecular flexibility index (Phi) is 4.60. The van der Waals surface area contributed by atoms with E-state index in [1.54, 1.807) is 0 Å². The van der Waals surface area contributed by atoms with Gasteiger partial charge < -0.3 is 5.11 Å². The van der Waals surface area contributed by atoms with E-state index in [1.807, 2.05) is 0 Å². The Balaban J connectivity index is 0.000000561. The molecule has 0 aromatic heterocycles. The molecule has 68 valence electrons. The molecule has 0 spiro atoms. The van der Waals surface area contributed by atoms with Crippen LogP contribution in [0.3, 0.4) is 0 Å². The number of benzene rings is 1. The van der Waals surface area contributed by atoms with Crippen molar-refractivity contribution in [3.05, 3.63) is 34.4 Å². The molecular formula is C11H18O. The van der Waals surface area contributed by atoms with E-state index in [4.69, 9.17) is 5.11 Å². The van der Waals surface area contributed by atoms with Gasteiger partial charge in [0.15, 0.2) is 0 Å². The minimum atomic E-state index is 1.00. The molecule has 1 nitrogen and oxygen atoms in total. The summed E-state index contributed by atoms with van der Waals surface area (Å²) >= 11 is 0. The van der Waals surface area contributed by atoms with Gasteiger partial charge in [-0.15, -0.1) is 0 Å². The molecule has 12 heavy (non-hydrogen) atoms. The van der Waals surface area contributed by atoms with Gasteiger partial charge in [-0.05, 0) is 49.9 Å². The number of aliphatic hydroxyl groups excluding tert-OH is 1. The highest BCUT2D eigenvalue weighted by molar-refractivity contribution is 5.35. The molecule has 1 N–H and O–H groups in total. The van der Waals surface area contributed by atoms with Gasteiger partial charge in [0.25, 0.3) is 0 Å². The first-order chi connectivity index (χ1) is 5.61. The Morgan fingerprint density at radius 1 is 0.667 bits per heavy atom. The van der Waals surface area contributed by atoms with Crippen LogP contribution in [0.4, 0.5) is 0 Å². The molecule has 0 aliphatic heterocycles. The van der Waals surface area contributed by atoms with Crippen molar-refractivity contribution in [3.63, 3.8) is 0 Å². The van der Waals surface area contributed by atoms with Crippen molar-refractivity contribution in [2.45, 2.75) is 27.7 Å². The fourth-order valence-electron chi connectivity index (χ4n) is 1.10. The monoisotopic (exact) mass is 166 g/mol. The van der Waals surface area contributed by atoms with Crippen molar-refractivity contribution in [2.24, 2.45) is 0 Å². The van der Waals surface area contributed by atoms with Gasteiger partial charge in [-0.2, -0.15) is 0 Å². The van der Waals surface area contributed by atoms with Crippen LogP contribution in [0.1, 0.15) is 22.3 Å². The molecule has 0 atom stereocenters. The van der Waals surface area contributed by atoms with Gasteiger partial charge in [0, 0.05) is 7.11 Å². The first-order valence-corrected chi connectivity index (χ1v) is 4.10. The van der Waals surface area contributed by atoms with E-state index in [-0.39, 0.29) is 0 Å². The summed E-state index contributed by atoms with van der Waals surface area (Å²) in [5.41, 5.74) is 5.57. The van der Waals surface area contributed by atoms with Gasteiger partial charge in [-0.25, -0.2) is 0 Å². The molecule has 1 aromatic carbocycles. The molecule has 0 heterocycles. The molecule has 0 fully saturated rings. The highest BCUT2D eigenvalue weighted by Crippen LogP contribution is 2.13. The van der Waals surface area contributed by atoms with E-state index in [1.165, 1.54) is 22.3 Å². The molecular weight excluding hydrogens is 148 g/mol. The fourth-order valence-corrected chi connectivity index (χ4v) is 1.10. The second kappa shape index (κ2) is 4.94. The zero-order chi connectivity index (χ0) is 9.72. The van der Waals surface area contributed by atoms with Gasteiger partial charge in [0.1, 0.15) is 0 Å². The maximum atomic E-state index is 7.00. The van der Waals surface area contributed by atoms with E-state index in [2.05, 4.69) is 39.8 Å². The summed E-state index contributed by atoms with van der Waals surface area (Å²) in [4.78, 5) is 0. The summed E-state index contributed by atoms with van der Waals surface area (Å²) in [6, 6.07) is 4.48. The Morgan fingerprint density at radius 3 is 1.00 bits per heavy atom. The largest absolute Gasteiger partial charge is 0.400 e.